The number of carbonyl (C=O) groups excluding carboxylic acids is 1. The third-order valence-corrected chi connectivity index (χ3v) is 4.27. The van der Waals surface area contributed by atoms with E-state index < -0.39 is 0 Å². The summed E-state index contributed by atoms with van der Waals surface area (Å²) in [6.45, 7) is 7.91. The number of rotatable bonds is 4. The lowest BCUT2D eigenvalue weighted by atomic mass is 10.0. The van der Waals surface area contributed by atoms with Crippen molar-refractivity contribution in [2.45, 2.75) is 51.7 Å². The van der Waals surface area contributed by atoms with Crippen LogP contribution < -0.4 is 11.1 Å². The van der Waals surface area contributed by atoms with Gasteiger partial charge in [0.2, 0.25) is 5.91 Å². The summed E-state index contributed by atoms with van der Waals surface area (Å²) in [6.07, 6.45) is 2.31. The van der Waals surface area contributed by atoms with E-state index in [1.165, 1.54) is 0 Å². The Morgan fingerprint density at radius 2 is 2.05 bits per heavy atom. The van der Waals surface area contributed by atoms with Gasteiger partial charge in [-0.05, 0) is 57.9 Å². The van der Waals surface area contributed by atoms with E-state index in [1.54, 1.807) is 0 Å². The molecule has 0 saturated carbocycles. The number of likely N-dealkylation sites (tertiary alicyclic amines) is 1. The molecule has 110 valence electrons. The Labute approximate surface area is 121 Å². The van der Waals surface area contributed by atoms with Gasteiger partial charge in [0.1, 0.15) is 0 Å². The number of nitrogens with zero attached hydrogens (tertiary/aromatic N) is 1. The number of carbonyl (C=O) groups is 1. The molecule has 1 fully saturated rings. The van der Waals surface area contributed by atoms with Crippen LogP contribution in [0.1, 0.15) is 39.2 Å². The minimum atomic E-state index is -0.110. The SMILES string of the molecule is CC(C(=O)Nc1ccc(CN)cc1)N1CCCC1(C)C. The zero-order chi connectivity index (χ0) is 14.8. The molecule has 1 atom stereocenters. The van der Waals surface area contributed by atoms with Gasteiger partial charge in [-0.2, -0.15) is 0 Å². The predicted molar refractivity (Wildman–Crippen MR) is 82.4 cm³/mol. The molecule has 1 aliphatic rings. The van der Waals surface area contributed by atoms with E-state index in [0.29, 0.717) is 6.54 Å². The van der Waals surface area contributed by atoms with Crippen molar-refractivity contribution in [1.82, 2.24) is 4.90 Å². The molecule has 1 heterocycles. The molecule has 2 rings (SSSR count). The second-order valence-corrected chi connectivity index (χ2v) is 6.18. The molecular formula is C16H25N3O. The fourth-order valence-corrected chi connectivity index (χ4v) is 2.96. The minimum absolute atomic E-state index is 0.0560. The standard InChI is InChI=1S/C16H25N3O/c1-12(19-10-4-9-16(19,2)3)15(20)18-14-7-5-13(11-17)6-8-14/h5-8,12H,4,9-11,17H2,1-3H3,(H,18,20). The van der Waals surface area contributed by atoms with Crippen LogP contribution in [0.25, 0.3) is 0 Å². The molecule has 0 bridgehead atoms. The summed E-state index contributed by atoms with van der Waals surface area (Å²) in [7, 11) is 0. The lowest BCUT2D eigenvalue weighted by Gasteiger charge is -2.35. The average Bonchev–Trinajstić information content (AvgIpc) is 2.78. The summed E-state index contributed by atoms with van der Waals surface area (Å²) in [4.78, 5) is 14.7. The first-order chi connectivity index (χ1) is 9.44. The summed E-state index contributed by atoms with van der Waals surface area (Å²) in [6, 6.07) is 7.59. The monoisotopic (exact) mass is 275 g/mol. The van der Waals surface area contributed by atoms with Crippen molar-refractivity contribution < 1.29 is 4.79 Å². The summed E-state index contributed by atoms with van der Waals surface area (Å²) in [5.41, 5.74) is 7.58. The van der Waals surface area contributed by atoms with Gasteiger partial charge in [-0.25, -0.2) is 0 Å². The first-order valence-electron chi connectivity index (χ1n) is 7.30. The van der Waals surface area contributed by atoms with Gasteiger partial charge in [-0.3, -0.25) is 9.69 Å². The molecule has 0 radical (unpaired) electrons. The van der Waals surface area contributed by atoms with E-state index in [-0.39, 0.29) is 17.5 Å². The van der Waals surface area contributed by atoms with Gasteiger partial charge >= 0.3 is 0 Å². The van der Waals surface area contributed by atoms with Gasteiger partial charge < -0.3 is 11.1 Å². The van der Waals surface area contributed by atoms with Gasteiger partial charge in [0.25, 0.3) is 0 Å². The highest BCUT2D eigenvalue weighted by Gasteiger charge is 2.37. The molecule has 0 aliphatic carbocycles. The van der Waals surface area contributed by atoms with E-state index in [1.807, 2.05) is 31.2 Å². The number of hydrogen-bond donors (Lipinski definition) is 2. The van der Waals surface area contributed by atoms with Crippen molar-refractivity contribution in [3.05, 3.63) is 29.8 Å². The van der Waals surface area contributed by atoms with Crippen LogP contribution in [0.4, 0.5) is 5.69 Å². The molecule has 1 aromatic rings. The number of benzene rings is 1. The lowest BCUT2D eigenvalue weighted by molar-refractivity contribution is -0.122. The van der Waals surface area contributed by atoms with Crippen LogP contribution in [-0.4, -0.2) is 28.9 Å². The van der Waals surface area contributed by atoms with Crippen LogP contribution in [0.2, 0.25) is 0 Å². The molecule has 1 aromatic carbocycles. The lowest BCUT2D eigenvalue weighted by Crippen LogP contribution is -2.49. The van der Waals surface area contributed by atoms with Crippen LogP contribution in [0.15, 0.2) is 24.3 Å². The van der Waals surface area contributed by atoms with Crippen molar-refractivity contribution in [3.63, 3.8) is 0 Å². The first kappa shape index (κ1) is 15.0. The molecule has 4 heteroatoms. The van der Waals surface area contributed by atoms with E-state index in [0.717, 1.165) is 30.6 Å². The van der Waals surface area contributed by atoms with Crippen LogP contribution >= 0.6 is 0 Å². The zero-order valence-corrected chi connectivity index (χ0v) is 12.6. The Morgan fingerprint density at radius 1 is 1.40 bits per heavy atom. The maximum Gasteiger partial charge on any atom is 0.241 e. The van der Waals surface area contributed by atoms with Crippen LogP contribution in [0.5, 0.6) is 0 Å². The van der Waals surface area contributed by atoms with Gasteiger partial charge in [0, 0.05) is 17.8 Å². The third kappa shape index (κ3) is 3.19. The Morgan fingerprint density at radius 3 is 2.55 bits per heavy atom. The van der Waals surface area contributed by atoms with Gasteiger partial charge in [-0.1, -0.05) is 12.1 Å². The highest BCUT2D eigenvalue weighted by atomic mass is 16.2. The molecule has 1 amide bonds. The number of hydrogen-bond acceptors (Lipinski definition) is 3. The summed E-state index contributed by atoms with van der Waals surface area (Å²) in [5, 5.41) is 2.99. The summed E-state index contributed by atoms with van der Waals surface area (Å²) < 4.78 is 0. The first-order valence-corrected chi connectivity index (χ1v) is 7.30. The van der Waals surface area contributed by atoms with Crippen molar-refractivity contribution in [2.24, 2.45) is 5.73 Å². The van der Waals surface area contributed by atoms with Crippen molar-refractivity contribution in [1.29, 1.82) is 0 Å². The average molecular weight is 275 g/mol. The summed E-state index contributed by atoms with van der Waals surface area (Å²) >= 11 is 0. The zero-order valence-electron chi connectivity index (χ0n) is 12.6. The second kappa shape index (κ2) is 5.94. The number of amides is 1. The maximum absolute atomic E-state index is 12.4. The fraction of sp³-hybridized carbons (Fsp3) is 0.562. The Hall–Kier alpha value is -1.39. The largest absolute Gasteiger partial charge is 0.326 e. The van der Waals surface area contributed by atoms with Gasteiger partial charge in [0.15, 0.2) is 0 Å². The highest BCUT2D eigenvalue weighted by Crippen LogP contribution is 2.30. The van der Waals surface area contributed by atoms with Crippen molar-refractivity contribution in [3.8, 4) is 0 Å². The fourth-order valence-electron chi connectivity index (χ4n) is 2.96. The number of anilines is 1. The molecule has 0 aromatic heterocycles. The quantitative estimate of drug-likeness (QED) is 0.887. The number of nitrogens with one attached hydrogen (secondary N) is 1. The molecule has 4 nitrogen and oxygen atoms in total. The van der Waals surface area contributed by atoms with Crippen molar-refractivity contribution in [2.75, 3.05) is 11.9 Å². The van der Waals surface area contributed by atoms with E-state index in [9.17, 15) is 4.79 Å². The molecular weight excluding hydrogens is 250 g/mol. The van der Waals surface area contributed by atoms with Crippen LogP contribution in [0, 0.1) is 0 Å². The van der Waals surface area contributed by atoms with Crippen LogP contribution in [-0.2, 0) is 11.3 Å². The molecule has 20 heavy (non-hydrogen) atoms. The maximum atomic E-state index is 12.4. The number of nitrogens with two attached hydrogens (primary N) is 1. The van der Waals surface area contributed by atoms with Crippen LogP contribution in [0.3, 0.4) is 0 Å². The Kier molecular flexibility index (Phi) is 4.45. The van der Waals surface area contributed by atoms with E-state index in [4.69, 9.17) is 5.73 Å². The molecule has 1 saturated heterocycles. The topological polar surface area (TPSA) is 58.4 Å². The van der Waals surface area contributed by atoms with Gasteiger partial charge in [-0.15, -0.1) is 0 Å². The Bertz CT molecular complexity index is 467. The second-order valence-electron chi connectivity index (χ2n) is 6.18. The third-order valence-electron chi connectivity index (χ3n) is 4.27. The van der Waals surface area contributed by atoms with Gasteiger partial charge in [0.05, 0.1) is 6.04 Å². The normalized spacial score (nSPS) is 19.8. The molecule has 0 spiro atoms. The van der Waals surface area contributed by atoms with E-state index >= 15 is 0 Å². The minimum Gasteiger partial charge on any atom is -0.326 e. The predicted octanol–water partition coefficient (Wildman–Crippen LogP) is 2.35. The summed E-state index contributed by atoms with van der Waals surface area (Å²) in [5.74, 6) is 0.0560. The highest BCUT2D eigenvalue weighted by molar-refractivity contribution is 5.94. The Balaban J connectivity index is 2.00. The van der Waals surface area contributed by atoms with Crippen molar-refractivity contribution >= 4 is 11.6 Å². The molecule has 3 N–H and O–H groups in total. The smallest absolute Gasteiger partial charge is 0.241 e. The molecule has 1 unspecified atom stereocenters. The molecule has 1 aliphatic heterocycles. The van der Waals surface area contributed by atoms with E-state index in [2.05, 4.69) is 24.1 Å².